The first-order chi connectivity index (χ1) is 18.0. The molecule has 0 unspecified atom stereocenters. The molecule has 6 nitrogen and oxygen atoms in total. The number of fused-ring (bicyclic) bond motifs is 3. The fourth-order valence-electron chi connectivity index (χ4n) is 5.06. The summed E-state index contributed by atoms with van der Waals surface area (Å²) < 4.78 is 4.12. The number of anilines is 1. The topological polar surface area (TPSA) is 55.1 Å². The second-order valence-electron chi connectivity index (χ2n) is 9.32. The number of amides is 2. The number of nitrogens with zero attached hydrogens (tertiary/aromatic N) is 4. The van der Waals surface area contributed by atoms with E-state index in [-0.39, 0.29) is 12.1 Å². The first kappa shape index (κ1) is 23.1. The number of hydrogen-bond donors (Lipinski definition) is 1. The van der Waals surface area contributed by atoms with Crippen molar-refractivity contribution in [3.63, 3.8) is 0 Å². The minimum absolute atomic E-state index is 0.182. The highest BCUT2D eigenvalue weighted by atomic mass is 35.5. The molecule has 0 saturated carbocycles. The van der Waals surface area contributed by atoms with Crippen molar-refractivity contribution >= 4 is 23.3 Å². The van der Waals surface area contributed by atoms with Gasteiger partial charge in [-0.25, -0.2) is 9.48 Å². The zero-order chi connectivity index (χ0) is 25.5. The van der Waals surface area contributed by atoms with Gasteiger partial charge in [0, 0.05) is 22.5 Å². The number of para-hydroxylation sites is 1. The molecule has 2 aromatic heterocycles. The van der Waals surface area contributed by atoms with Gasteiger partial charge in [-0.15, -0.1) is 0 Å². The van der Waals surface area contributed by atoms with Crippen LogP contribution in [0.5, 0.6) is 0 Å². The molecule has 184 valence electrons. The molecule has 37 heavy (non-hydrogen) atoms. The number of aromatic nitrogens is 3. The SMILES string of the molecule is Cc1cccc(NC(=O)N2Cc3c(C)nn(-c4ccccc4)c3-n3cccc3[C@H]2c2ccc(Cl)cc2)c1. The highest BCUT2D eigenvalue weighted by Gasteiger charge is 2.36. The molecule has 0 spiro atoms. The number of nitrogens with one attached hydrogen (secondary N) is 1. The summed E-state index contributed by atoms with van der Waals surface area (Å²) in [4.78, 5) is 15.8. The smallest absolute Gasteiger partial charge is 0.308 e. The largest absolute Gasteiger partial charge is 0.322 e. The Kier molecular flexibility index (Phi) is 5.81. The maximum absolute atomic E-state index is 14.0. The summed E-state index contributed by atoms with van der Waals surface area (Å²) in [5, 5.41) is 8.68. The second kappa shape index (κ2) is 9.30. The molecule has 0 radical (unpaired) electrons. The van der Waals surface area contributed by atoms with Crippen LogP contribution in [0.4, 0.5) is 10.5 Å². The predicted molar refractivity (Wildman–Crippen MR) is 147 cm³/mol. The molecular formula is C30H26ClN5O. The standard InChI is InChI=1S/C30H26ClN5O/c1-20-8-6-9-24(18-20)32-30(37)35-19-26-21(2)33-36(25-10-4-3-5-11-25)29(26)34-17-7-12-27(34)28(35)22-13-15-23(31)16-14-22/h3-18,28H,19H2,1-2H3,(H,32,37)/t28-/m1/s1. The molecule has 1 aliphatic rings. The lowest BCUT2D eigenvalue weighted by Gasteiger charge is -2.31. The Hall–Kier alpha value is -4.29. The lowest BCUT2D eigenvalue weighted by Crippen LogP contribution is -2.38. The van der Waals surface area contributed by atoms with Crippen molar-refractivity contribution in [2.75, 3.05) is 5.32 Å². The van der Waals surface area contributed by atoms with Crippen molar-refractivity contribution < 1.29 is 4.79 Å². The van der Waals surface area contributed by atoms with Crippen molar-refractivity contribution in [1.82, 2.24) is 19.2 Å². The molecule has 1 aliphatic heterocycles. The highest BCUT2D eigenvalue weighted by molar-refractivity contribution is 6.30. The first-order valence-electron chi connectivity index (χ1n) is 12.2. The predicted octanol–water partition coefficient (Wildman–Crippen LogP) is 7.07. The molecule has 0 saturated heterocycles. The van der Waals surface area contributed by atoms with E-state index in [1.807, 2.05) is 115 Å². The van der Waals surface area contributed by atoms with Crippen LogP contribution in [0.1, 0.15) is 34.1 Å². The average Bonchev–Trinajstić information content (AvgIpc) is 3.46. The number of benzene rings is 3. The van der Waals surface area contributed by atoms with E-state index < -0.39 is 0 Å². The van der Waals surface area contributed by atoms with Crippen LogP contribution < -0.4 is 5.32 Å². The van der Waals surface area contributed by atoms with Crippen molar-refractivity contribution in [1.29, 1.82) is 0 Å². The number of halogens is 1. The number of carbonyl (C=O) groups excluding carboxylic acids is 1. The number of rotatable bonds is 3. The van der Waals surface area contributed by atoms with Crippen LogP contribution in [0.3, 0.4) is 0 Å². The van der Waals surface area contributed by atoms with Crippen molar-refractivity contribution in [3.8, 4) is 11.5 Å². The van der Waals surface area contributed by atoms with Gasteiger partial charge in [0.15, 0.2) is 0 Å². The molecule has 1 N–H and O–H groups in total. The van der Waals surface area contributed by atoms with Gasteiger partial charge in [0.2, 0.25) is 0 Å². The van der Waals surface area contributed by atoms with E-state index in [9.17, 15) is 4.79 Å². The molecule has 0 bridgehead atoms. The zero-order valence-corrected chi connectivity index (χ0v) is 21.4. The summed E-state index contributed by atoms with van der Waals surface area (Å²) >= 11 is 6.24. The van der Waals surface area contributed by atoms with Crippen LogP contribution in [0, 0.1) is 13.8 Å². The third-order valence-electron chi connectivity index (χ3n) is 6.80. The summed E-state index contributed by atoms with van der Waals surface area (Å²) in [6, 6.07) is 29.2. The molecule has 6 rings (SSSR count). The van der Waals surface area contributed by atoms with E-state index in [2.05, 4.69) is 16.0 Å². The minimum atomic E-state index is -0.340. The lowest BCUT2D eigenvalue weighted by atomic mass is 10.0. The summed E-state index contributed by atoms with van der Waals surface area (Å²) in [7, 11) is 0. The normalized spacial score (nSPS) is 14.6. The van der Waals surface area contributed by atoms with Crippen molar-refractivity contribution in [2.24, 2.45) is 0 Å². The Labute approximate surface area is 220 Å². The molecule has 0 fully saturated rings. The molecule has 3 heterocycles. The molecule has 2 amide bonds. The van der Waals surface area contributed by atoms with Gasteiger partial charge in [-0.1, -0.05) is 54.1 Å². The minimum Gasteiger partial charge on any atom is -0.308 e. The summed E-state index contributed by atoms with van der Waals surface area (Å²) in [5.41, 5.74) is 6.63. The van der Waals surface area contributed by atoms with E-state index in [1.165, 1.54) is 0 Å². The zero-order valence-electron chi connectivity index (χ0n) is 20.6. The van der Waals surface area contributed by atoms with Gasteiger partial charge < -0.3 is 14.8 Å². The van der Waals surface area contributed by atoms with Crippen molar-refractivity contribution in [2.45, 2.75) is 26.4 Å². The first-order valence-corrected chi connectivity index (χ1v) is 12.6. The summed E-state index contributed by atoms with van der Waals surface area (Å²) in [6.45, 7) is 4.40. The maximum Gasteiger partial charge on any atom is 0.322 e. The molecular weight excluding hydrogens is 482 g/mol. The lowest BCUT2D eigenvalue weighted by molar-refractivity contribution is 0.194. The Morgan fingerprint density at radius 2 is 1.73 bits per heavy atom. The van der Waals surface area contributed by atoms with Gasteiger partial charge in [0.1, 0.15) is 5.82 Å². The number of carbonyl (C=O) groups is 1. The van der Waals surface area contributed by atoms with E-state index in [0.29, 0.717) is 11.6 Å². The van der Waals surface area contributed by atoms with Crippen LogP contribution >= 0.6 is 11.6 Å². The van der Waals surface area contributed by atoms with E-state index >= 15 is 0 Å². The van der Waals surface area contributed by atoms with Gasteiger partial charge in [0.25, 0.3) is 0 Å². The van der Waals surface area contributed by atoms with E-state index in [4.69, 9.17) is 16.7 Å². The van der Waals surface area contributed by atoms with Gasteiger partial charge in [-0.2, -0.15) is 5.10 Å². The average molecular weight is 508 g/mol. The quantitative estimate of drug-likeness (QED) is 0.284. The van der Waals surface area contributed by atoms with Crippen LogP contribution in [0.2, 0.25) is 5.02 Å². The second-order valence-corrected chi connectivity index (χ2v) is 9.76. The number of aryl methyl sites for hydroxylation is 2. The third kappa shape index (κ3) is 4.19. The number of hydrogen-bond acceptors (Lipinski definition) is 2. The van der Waals surface area contributed by atoms with Crippen LogP contribution in [-0.4, -0.2) is 25.3 Å². The van der Waals surface area contributed by atoms with Gasteiger partial charge in [-0.3, -0.25) is 0 Å². The Morgan fingerprint density at radius 1 is 0.946 bits per heavy atom. The molecule has 5 aromatic rings. The highest BCUT2D eigenvalue weighted by Crippen LogP contribution is 2.39. The third-order valence-corrected chi connectivity index (χ3v) is 7.05. The maximum atomic E-state index is 14.0. The summed E-state index contributed by atoms with van der Waals surface area (Å²) in [6.07, 6.45) is 2.04. The van der Waals surface area contributed by atoms with E-state index in [1.54, 1.807) is 0 Å². The van der Waals surface area contributed by atoms with Crippen molar-refractivity contribution in [3.05, 3.63) is 130 Å². The van der Waals surface area contributed by atoms with Crippen LogP contribution in [-0.2, 0) is 6.54 Å². The van der Waals surface area contributed by atoms with Gasteiger partial charge >= 0.3 is 6.03 Å². The fourth-order valence-corrected chi connectivity index (χ4v) is 5.19. The summed E-state index contributed by atoms with van der Waals surface area (Å²) in [5.74, 6) is 0.938. The molecule has 7 heteroatoms. The molecule has 1 atom stereocenters. The van der Waals surface area contributed by atoms with Crippen LogP contribution in [0.15, 0.2) is 97.2 Å². The van der Waals surface area contributed by atoms with E-state index in [0.717, 1.165) is 45.3 Å². The number of urea groups is 1. The van der Waals surface area contributed by atoms with Crippen LogP contribution in [0.25, 0.3) is 11.5 Å². The van der Waals surface area contributed by atoms with Gasteiger partial charge in [0.05, 0.1) is 29.7 Å². The molecule has 0 aliphatic carbocycles. The Morgan fingerprint density at radius 3 is 2.49 bits per heavy atom. The molecule has 3 aromatic carbocycles. The van der Waals surface area contributed by atoms with Gasteiger partial charge in [-0.05, 0) is 73.5 Å². The Balaban J connectivity index is 1.53. The Bertz CT molecular complexity index is 1590. The monoisotopic (exact) mass is 507 g/mol. The fraction of sp³-hybridized carbons (Fsp3) is 0.133.